The van der Waals surface area contributed by atoms with Crippen LogP contribution < -0.4 is 5.32 Å². The number of nitrogens with zero attached hydrogens (tertiary/aromatic N) is 2. The van der Waals surface area contributed by atoms with E-state index in [1.54, 1.807) is 6.20 Å². The summed E-state index contributed by atoms with van der Waals surface area (Å²) in [6.07, 6.45) is 1.73. The quantitative estimate of drug-likeness (QED) is 0.702. The van der Waals surface area contributed by atoms with Gasteiger partial charge < -0.3 is 5.32 Å². The van der Waals surface area contributed by atoms with Crippen molar-refractivity contribution in [2.24, 2.45) is 0 Å². The van der Waals surface area contributed by atoms with Crippen molar-refractivity contribution < 1.29 is 4.79 Å². The highest BCUT2D eigenvalue weighted by Gasteiger charge is 2.16. The Labute approximate surface area is 143 Å². The first kappa shape index (κ1) is 15.7. The minimum atomic E-state index is -0.195. The third-order valence-electron chi connectivity index (χ3n) is 3.09. The lowest BCUT2D eigenvalue weighted by Gasteiger charge is -2.10. The monoisotopic (exact) mass is 341 g/mol. The zero-order chi connectivity index (χ0) is 16.1. The predicted molar refractivity (Wildman–Crippen MR) is 95.7 cm³/mol. The van der Waals surface area contributed by atoms with E-state index in [0.717, 1.165) is 16.3 Å². The fourth-order valence-corrected chi connectivity index (χ4v) is 3.52. The maximum atomic E-state index is 12.3. The third-order valence-corrected chi connectivity index (χ3v) is 4.96. The second kappa shape index (κ2) is 7.39. The number of pyridine rings is 1. The Hall–Kier alpha value is -2.18. The summed E-state index contributed by atoms with van der Waals surface area (Å²) >= 11 is 2.93. The summed E-state index contributed by atoms with van der Waals surface area (Å²) in [5.74, 6) is -0.0548. The highest BCUT2D eigenvalue weighted by atomic mass is 32.2. The molecular formula is C17H15N3OS2. The first-order valence-electron chi connectivity index (χ1n) is 7.12. The second-order valence-corrected chi connectivity index (χ2v) is 7.09. The van der Waals surface area contributed by atoms with Crippen LogP contribution in [0.4, 0.5) is 5.13 Å². The molecule has 3 aromatic rings. The number of nitrogens with one attached hydrogen (secondary N) is 1. The van der Waals surface area contributed by atoms with E-state index in [1.165, 1.54) is 23.1 Å². The van der Waals surface area contributed by atoms with E-state index in [0.29, 0.717) is 5.13 Å². The molecule has 0 aliphatic carbocycles. The number of benzene rings is 1. The van der Waals surface area contributed by atoms with Crippen molar-refractivity contribution in [1.29, 1.82) is 0 Å². The lowest BCUT2D eigenvalue weighted by atomic mass is 10.3. The summed E-state index contributed by atoms with van der Waals surface area (Å²) in [6, 6.07) is 15.6. The number of hydrogen-bond donors (Lipinski definition) is 1. The molecule has 0 bridgehead atoms. The van der Waals surface area contributed by atoms with Gasteiger partial charge in [-0.3, -0.25) is 9.78 Å². The van der Waals surface area contributed by atoms with Gasteiger partial charge >= 0.3 is 0 Å². The van der Waals surface area contributed by atoms with Crippen molar-refractivity contribution >= 4 is 34.1 Å². The third kappa shape index (κ3) is 4.18. The van der Waals surface area contributed by atoms with Crippen LogP contribution in [-0.2, 0) is 4.79 Å². The van der Waals surface area contributed by atoms with Gasteiger partial charge in [-0.05, 0) is 31.2 Å². The van der Waals surface area contributed by atoms with Crippen LogP contribution in [0.25, 0.3) is 11.4 Å². The SMILES string of the molecule is CC(Sc1ccccc1)C(=O)Nc1nc(-c2ccccn2)cs1. The standard InChI is InChI=1S/C17H15N3OS2/c1-12(23-13-7-3-2-4-8-13)16(21)20-17-19-15(11-22-17)14-9-5-6-10-18-14/h2-12H,1H3,(H,19,20,21). The van der Waals surface area contributed by atoms with Gasteiger partial charge in [-0.1, -0.05) is 24.3 Å². The second-order valence-electron chi connectivity index (χ2n) is 4.82. The first-order chi connectivity index (χ1) is 11.2. The molecule has 116 valence electrons. The van der Waals surface area contributed by atoms with E-state index in [2.05, 4.69) is 15.3 Å². The molecule has 1 N–H and O–H groups in total. The molecule has 1 unspecified atom stereocenters. The number of amides is 1. The minimum absolute atomic E-state index is 0.0548. The summed E-state index contributed by atoms with van der Waals surface area (Å²) in [4.78, 5) is 22.0. The minimum Gasteiger partial charge on any atom is -0.301 e. The molecule has 0 aliphatic rings. The molecule has 1 aromatic carbocycles. The van der Waals surface area contributed by atoms with Gasteiger partial charge in [-0.25, -0.2) is 4.98 Å². The van der Waals surface area contributed by atoms with Crippen LogP contribution in [0.15, 0.2) is 65.0 Å². The van der Waals surface area contributed by atoms with Gasteiger partial charge in [0, 0.05) is 16.5 Å². The number of carbonyl (C=O) groups is 1. The van der Waals surface area contributed by atoms with Gasteiger partial charge in [0.15, 0.2) is 5.13 Å². The number of carbonyl (C=O) groups excluding carboxylic acids is 1. The number of hydrogen-bond acceptors (Lipinski definition) is 5. The van der Waals surface area contributed by atoms with E-state index in [-0.39, 0.29) is 11.2 Å². The number of thioether (sulfide) groups is 1. The summed E-state index contributed by atoms with van der Waals surface area (Å²) in [5.41, 5.74) is 1.57. The molecule has 0 spiro atoms. The highest BCUT2D eigenvalue weighted by Crippen LogP contribution is 2.26. The van der Waals surface area contributed by atoms with Gasteiger partial charge in [0.1, 0.15) is 5.69 Å². The average Bonchev–Trinajstić information content (AvgIpc) is 3.05. The summed E-state index contributed by atoms with van der Waals surface area (Å²) < 4.78 is 0. The molecule has 1 atom stereocenters. The zero-order valence-electron chi connectivity index (χ0n) is 12.5. The Balaban J connectivity index is 1.63. The molecule has 3 rings (SSSR count). The van der Waals surface area contributed by atoms with Gasteiger partial charge in [-0.2, -0.15) is 0 Å². The average molecular weight is 341 g/mol. The maximum absolute atomic E-state index is 12.3. The van der Waals surface area contributed by atoms with Crippen LogP contribution in [0.5, 0.6) is 0 Å². The highest BCUT2D eigenvalue weighted by molar-refractivity contribution is 8.00. The van der Waals surface area contributed by atoms with E-state index < -0.39 is 0 Å². The molecule has 6 heteroatoms. The molecule has 0 saturated carbocycles. The smallest absolute Gasteiger partial charge is 0.239 e. The van der Waals surface area contributed by atoms with Gasteiger partial charge in [0.05, 0.1) is 10.9 Å². The zero-order valence-corrected chi connectivity index (χ0v) is 14.1. The van der Waals surface area contributed by atoms with Crippen molar-refractivity contribution in [3.05, 3.63) is 60.1 Å². The van der Waals surface area contributed by atoms with E-state index in [1.807, 2.05) is 60.8 Å². The normalized spacial score (nSPS) is 11.9. The van der Waals surface area contributed by atoms with Crippen molar-refractivity contribution in [1.82, 2.24) is 9.97 Å². The van der Waals surface area contributed by atoms with Crippen LogP contribution in [-0.4, -0.2) is 21.1 Å². The Kier molecular flexibility index (Phi) is 5.05. The fraction of sp³-hybridized carbons (Fsp3) is 0.118. The summed E-state index contributed by atoms with van der Waals surface area (Å²) in [5, 5.41) is 5.17. The van der Waals surface area contributed by atoms with Gasteiger partial charge in [-0.15, -0.1) is 23.1 Å². The van der Waals surface area contributed by atoms with Crippen molar-refractivity contribution in [2.75, 3.05) is 5.32 Å². The van der Waals surface area contributed by atoms with Crippen LogP contribution in [0.3, 0.4) is 0 Å². The molecule has 2 heterocycles. The largest absolute Gasteiger partial charge is 0.301 e. The molecule has 2 aromatic heterocycles. The molecule has 4 nitrogen and oxygen atoms in total. The Bertz CT molecular complexity index is 775. The van der Waals surface area contributed by atoms with Crippen molar-refractivity contribution in [3.8, 4) is 11.4 Å². The molecule has 0 fully saturated rings. The summed E-state index contributed by atoms with van der Waals surface area (Å²) in [7, 11) is 0. The van der Waals surface area contributed by atoms with Crippen LogP contribution >= 0.6 is 23.1 Å². The molecule has 0 radical (unpaired) electrons. The van der Waals surface area contributed by atoms with Gasteiger partial charge in [0.2, 0.25) is 5.91 Å². The Morgan fingerprint density at radius 3 is 2.65 bits per heavy atom. The van der Waals surface area contributed by atoms with E-state index >= 15 is 0 Å². The molecule has 23 heavy (non-hydrogen) atoms. The molecule has 0 aliphatic heterocycles. The molecule has 0 saturated heterocycles. The lowest BCUT2D eigenvalue weighted by Crippen LogP contribution is -2.22. The maximum Gasteiger partial charge on any atom is 0.239 e. The number of thiazole rings is 1. The molecule has 1 amide bonds. The van der Waals surface area contributed by atoms with Crippen LogP contribution in [0, 0.1) is 0 Å². The number of aromatic nitrogens is 2. The van der Waals surface area contributed by atoms with Crippen LogP contribution in [0.2, 0.25) is 0 Å². The predicted octanol–water partition coefficient (Wildman–Crippen LogP) is 4.32. The number of rotatable bonds is 5. The topological polar surface area (TPSA) is 54.9 Å². The Morgan fingerprint density at radius 2 is 1.91 bits per heavy atom. The Morgan fingerprint density at radius 1 is 1.13 bits per heavy atom. The number of anilines is 1. The van der Waals surface area contributed by atoms with Crippen LogP contribution in [0.1, 0.15) is 6.92 Å². The lowest BCUT2D eigenvalue weighted by molar-refractivity contribution is -0.115. The van der Waals surface area contributed by atoms with E-state index in [9.17, 15) is 4.79 Å². The summed E-state index contributed by atoms with van der Waals surface area (Å²) in [6.45, 7) is 1.89. The molecular weight excluding hydrogens is 326 g/mol. The van der Waals surface area contributed by atoms with Gasteiger partial charge in [0.25, 0.3) is 0 Å². The first-order valence-corrected chi connectivity index (χ1v) is 8.88. The van der Waals surface area contributed by atoms with E-state index in [4.69, 9.17) is 0 Å². The fourth-order valence-electron chi connectivity index (χ4n) is 1.93. The van der Waals surface area contributed by atoms with Crippen molar-refractivity contribution in [3.63, 3.8) is 0 Å². The van der Waals surface area contributed by atoms with Crippen molar-refractivity contribution in [2.45, 2.75) is 17.1 Å².